The van der Waals surface area contributed by atoms with Crippen molar-refractivity contribution in [3.63, 3.8) is 0 Å². The van der Waals surface area contributed by atoms with Gasteiger partial charge in [0.05, 0.1) is 17.2 Å². The molecule has 0 aliphatic carbocycles. The summed E-state index contributed by atoms with van der Waals surface area (Å²) in [5.41, 5.74) is 0.396. The molecule has 3 aromatic rings. The third-order valence-corrected chi connectivity index (χ3v) is 5.17. The minimum absolute atomic E-state index is 0.0602. The van der Waals surface area contributed by atoms with Crippen molar-refractivity contribution in [1.29, 1.82) is 0 Å². The van der Waals surface area contributed by atoms with E-state index in [-0.39, 0.29) is 10.9 Å². The summed E-state index contributed by atoms with van der Waals surface area (Å²) in [5, 5.41) is 3.75. The number of fused-ring (bicyclic) bond motifs is 1. The van der Waals surface area contributed by atoms with Gasteiger partial charge in [-0.15, -0.1) is 11.3 Å². The monoisotopic (exact) mass is 369 g/mol. The maximum atomic E-state index is 13.2. The fraction of sp³-hybridized carbons (Fsp3) is 0.0625. The highest BCUT2D eigenvalue weighted by atomic mass is 35.5. The van der Waals surface area contributed by atoms with E-state index in [2.05, 4.69) is 5.32 Å². The van der Waals surface area contributed by atoms with Crippen LogP contribution >= 0.6 is 34.5 Å². The third-order valence-electron chi connectivity index (χ3n) is 3.22. The molecule has 0 spiro atoms. The van der Waals surface area contributed by atoms with Gasteiger partial charge in [-0.3, -0.25) is 4.79 Å². The summed E-state index contributed by atoms with van der Waals surface area (Å²) < 4.78 is 19.2. The predicted octanol–water partition coefficient (Wildman–Crippen LogP) is 5.61. The molecule has 3 rings (SSSR count). The minimum atomic E-state index is -0.545. The van der Waals surface area contributed by atoms with E-state index in [1.54, 1.807) is 19.2 Å². The van der Waals surface area contributed by atoms with Crippen molar-refractivity contribution in [1.82, 2.24) is 0 Å². The molecule has 0 bridgehead atoms. The Balaban J connectivity index is 1.94. The molecule has 1 aromatic heterocycles. The van der Waals surface area contributed by atoms with E-state index >= 15 is 0 Å². The van der Waals surface area contributed by atoms with Crippen LogP contribution < -0.4 is 10.1 Å². The number of anilines is 1. The van der Waals surface area contributed by atoms with E-state index in [0.717, 1.165) is 10.1 Å². The number of benzene rings is 2. The van der Waals surface area contributed by atoms with Crippen LogP contribution in [0.5, 0.6) is 5.75 Å². The molecule has 23 heavy (non-hydrogen) atoms. The van der Waals surface area contributed by atoms with Crippen LogP contribution in [0.4, 0.5) is 10.1 Å². The zero-order valence-corrected chi connectivity index (χ0v) is 14.2. The smallest absolute Gasteiger partial charge is 0.267 e. The number of amides is 1. The third kappa shape index (κ3) is 3.13. The summed E-state index contributed by atoms with van der Waals surface area (Å²) in [4.78, 5) is 12.8. The normalized spacial score (nSPS) is 10.8. The van der Waals surface area contributed by atoms with Gasteiger partial charge in [0.15, 0.2) is 0 Å². The van der Waals surface area contributed by atoms with Crippen LogP contribution in [-0.4, -0.2) is 13.0 Å². The van der Waals surface area contributed by atoms with E-state index in [1.807, 2.05) is 6.07 Å². The molecule has 0 saturated carbocycles. The van der Waals surface area contributed by atoms with Crippen LogP contribution in [0.3, 0.4) is 0 Å². The first-order chi connectivity index (χ1) is 11.0. The topological polar surface area (TPSA) is 38.3 Å². The molecule has 3 nitrogen and oxygen atoms in total. The van der Waals surface area contributed by atoms with Gasteiger partial charge >= 0.3 is 0 Å². The van der Waals surface area contributed by atoms with Crippen molar-refractivity contribution in [3.8, 4) is 5.75 Å². The Labute approximate surface area is 145 Å². The maximum absolute atomic E-state index is 13.2. The van der Waals surface area contributed by atoms with E-state index in [4.69, 9.17) is 27.9 Å². The molecule has 0 atom stereocenters. The van der Waals surface area contributed by atoms with Gasteiger partial charge in [0.1, 0.15) is 16.4 Å². The van der Waals surface area contributed by atoms with E-state index < -0.39 is 5.82 Å². The largest absolute Gasteiger partial charge is 0.497 e. The van der Waals surface area contributed by atoms with Gasteiger partial charge in [0, 0.05) is 15.8 Å². The van der Waals surface area contributed by atoms with Gasteiger partial charge in [-0.25, -0.2) is 4.39 Å². The molecular weight excluding hydrogens is 360 g/mol. The van der Waals surface area contributed by atoms with Crippen molar-refractivity contribution in [2.24, 2.45) is 0 Å². The Bertz CT molecular complexity index is 910. The summed E-state index contributed by atoms with van der Waals surface area (Å²) in [6, 6.07) is 9.37. The summed E-state index contributed by atoms with van der Waals surface area (Å²) in [5.74, 6) is -0.234. The highest BCUT2D eigenvalue weighted by Crippen LogP contribution is 2.37. The highest BCUT2D eigenvalue weighted by molar-refractivity contribution is 7.21. The standard InChI is InChI=1S/C16H10Cl2FNO2S/c1-22-9-3-4-10-13(7-9)23-15(14(10)18)16(21)20-8-2-5-12(19)11(17)6-8/h2-7H,1H3,(H,20,21). The van der Waals surface area contributed by atoms with Crippen molar-refractivity contribution in [2.75, 3.05) is 12.4 Å². The second kappa shape index (κ2) is 6.35. The van der Waals surface area contributed by atoms with Crippen LogP contribution in [0.1, 0.15) is 9.67 Å². The van der Waals surface area contributed by atoms with E-state index in [1.165, 1.54) is 29.5 Å². The zero-order valence-electron chi connectivity index (χ0n) is 11.8. The summed E-state index contributed by atoms with van der Waals surface area (Å²) in [6.07, 6.45) is 0. The molecule has 1 amide bonds. The number of carbonyl (C=O) groups is 1. The number of hydrogen-bond acceptors (Lipinski definition) is 3. The van der Waals surface area contributed by atoms with Gasteiger partial charge in [-0.2, -0.15) is 0 Å². The fourth-order valence-electron chi connectivity index (χ4n) is 2.08. The van der Waals surface area contributed by atoms with Gasteiger partial charge in [0.25, 0.3) is 5.91 Å². The van der Waals surface area contributed by atoms with Gasteiger partial charge < -0.3 is 10.1 Å². The number of methoxy groups -OCH3 is 1. The molecule has 0 radical (unpaired) electrons. The average molecular weight is 370 g/mol. The lowest BCUT2D eigenvalue weighted by Crippen LogP contribution is -2.10. The molecule has 0 aliphatic heterocycles. The van der Waals surface area contributed by atoms with Crippen LogP contribution in [0.25, 0.3) is 10.1 Å². The highest BCUT2D eigenvalue weighted by Gasteiger charge is 2.18. The van der Waals surface area contributed by atoms with Crippen molar-refractivity contribution in [3.05, 3.63) is 57.1 Å². The molecule has 0 fully saturated rings. The Kier molecular flexibility index (Phi) is 4.43. The number of thiophene rings is 1. The SMILES string of the molecule is COc1ccc2c(Cl)c(C(=O)Nc3ccc(F)c(Cl)c3)sc2c1. The van der Waals surface area contributed by atoms with E-state index in [0.29, 0.717) is 21.3 Å². The first-order valence-corrected chi connectivity index (χ1v) is 8.09. The first-order valence-electron chi connectivity index (χ1n) is 6.52. The van der Waals surface area contributed by atoms with Crippen molar-refractivity contribution >= 4 is 56.2 Å². The number of halogens is 3. The molecule has 0 aliphatic rings. The summed E-state index contributed by atoms with van der Waals surface area (Å²) >= 11 is 13.3. The van der Waals surface area contributed by atoms with Crippen molar-refractivity contribution in [2.45, 2.75) is 0 Å². The second-order valence-electron chi connectivity index (χ2n) is 4.69. The predicted molar refractivity (Wildman–Crippen MR) is 92.8 cm³/mol. The number of rotatable bonds is 3. The molecule has 0 saturated heterocycles. The number of nitrogens with one attached hydrogen (secondary N) is 1. The molecular formula is C16H10Cl2FNO2S. The molecule has 118 valence electrons. The lowest BCUT2D eigenvalue weighted by molar-refractivity contribution is 0.103. The lowest BCUT2D eigenvalue weighted by atomic mass is 10.2. The van der Waals surface area contributed by atoms with Crippen LogP contribution in [-0.2, 0) is 0 Å². The van der Waals surface area contributed by atoms with Crippen LogP contribution in [0, 0.1) is 5.82 Å². The molecule has 2 aromatic carbocycles. The van der Waals surface area contributed by atoms with Crippen molar-refractivity contribution < 1.29 is 13.9 Å². The van der Waals surface area contributed by atoms with Gasteiger partial charge in [0.2, 0.25) is 0 Å². The van der Waals surface area contributed by atoms with Gasteiger partial charge in [-0.05, 0) is 36.4 Å². The number of ether oxygens (including phenoxy) is 1. The fourth-order valence-corrected chi connectivity index (χ4v) is 3.70. The molecule has 1 N–H and O–H groups in total. The lowest BCUT2D eigenvalue weighted by Gasteiger charge is -2.04. The Hall–Kier alpha value is -1.82. The summed E-state index contributed by atoms with van der Waals surface area (Å²) in [7, 11) is 1.57. The Morgan fingerprint density at radius 2 is 2.00 bits per heavy atom. The van der Waals surface area contributed by atoms with Gasteiger partial charge in [-0.1, -0.05) is 23.2 Å². The maximum Gasteiger partial charge on any atom is 0.267 e. The Morgan fingerprint density at radius 3 is 2.70 bits per heavy atom. The number of hydrogen-bond donors (Lipinski definition) is 1. The first kappa shape index (κ1) is 16.1. The molecule has 1 heterocycles. The minimum Gasteiger partial charge on any atom is -0.497 e. The quantitative estimate of drug-likeness (QED) is 0.651. The molecule has 7 heteroatoms. The van der Waals surface area contributed by atoms with Crippen LogP contribution in [0.15, 0.2) is 36.4 Å². The second-order valence-corrected chi connectivity index (χ2v) is 6.53. The Morgan fingerprint density at radius 1 is 1.22 bits per heavy atom. The van der Waals surface area contributed by atoms with E-state index in [9.17, 15) is 9.18 Å². The number of carbonyl (C=O) groups excluding carboxylic acids is 1. The van der Waals surface area contributed by atoms with Crippen LogP contribution in [0.2, 0.25) is 10.0 Å². The zero-order chi connectivity index (χ0) is 16.6. The average Bonchev–Trinajstić information content (AvgIpc) is 2.87. The summed E-state index contributed by atoms with van der Waals surface area (Å²) in [6.45, 7) is 0. The molecule has 0 unspecified atom stereocenters.